The average molecular weight is 201 g/mol. The van der Waals surface area contributed by atoms with E-state index in [1.807, 2.05) is 0 Å². The molecule has 2 fully saturated rings. The first-order chi connectivity index (χ1) is 6.86. The van der Waals surface area contributed by atoms with Crippen molar-refractivity contribution < 1.29 is 14.6 Å². The number of hydrogen-bond acceptors (Lipinski definition) is 4. The van der Waals surface area contributed by atoms with Crippen LogP contribution in [0.4, 0.5) is 0 Å². The summed E-state index contributed by atoms with van der Waals surface area (Å²) in [7, 11) is 0. The van der Waals surface area contributed by atoms with Crippen LogP contribution in [0.25, 0.3) is 0 Å². The molecule has 1 heterocycles. The van der Waals surface area contributed by atoms with Gasteiger partial charge in [0.1, 0.15) is 0 Å². The number of ether oxygens (including phenoxy) is 2. The molecule has 0 bridgehead atoms. The minimum atomic E-state index is -0.182. The largest absolute Gasteiger partial charge is 0.392 e. The van der Waals surface area contributed by atoms with Gasteiger partial charge in [-0.1, -0.05) is 0 Å². The van der Waals surface area contributed by atoms with Crippen LogP contribution in [-0.4, -0.2) is 49.7 Å². The fourth-order valence-electron chi connectivity index (χ4n) is 2.15. The summed E-state index contributed by atoms with van der Waals surface area (Å²) in [5.74, 6) is 0. The van der Waals surface area contributed by atoms with Gasteiger partial charge in [0.05, 0.1) is 38.6 Å². The van der Waals surface area contributed by atoms with Gasteiger partial charge in [0.15, 0.2) is 0 Å². The quantitative estimate of drug-likeness (QED) is 0.655. The molecule has 14 heavy (non-hydrogen) atoms. The average Bonchev–Trinajstić information content (AvgIpc) is 2.44. The topological polar surface area (TPSA) is 50.7 Å². The Morgan fingerprint density at radius 2 is 1.79 bits per heavy atom. The standard InChI is InChI=1S/C10H19NO3/c12-10-3-1-2-9(10)11-8-6-13-4-5-14-7-8/h8-12H,1-7H2/t9-,10-/m1/s1. The molecule has 0 amide bonds. The molecule has 4 heteroatoms. The third-order valence-electron chi connectivity index (χ3n) is 2.94. The van der Waals surface area contributed by atoms with Gasteiger partial charge >= 0.3 is 0 Å². The maximum absolute atomic E-state index is 9.65. The fraction of sp³-hybridized carbons (Fsp3) is 1.00. The number of aliphatic hydroxyl groups excluding tert-OH is 1. The highest BCUT2D eigenvalue weighted by molar-refractivity contribution is 4.85. The van der Waals surface area contributed by atoms with Crippen molar-refractivity contribution in [2.75, 3.05) is 26.4 Å². The maximum Gasteiger partial charge on any atom is 0.0701 e. The zero-order valence-corrected chi connectivity index (χ0v) is 8.45. The Labute approximate surface area is 84.6 Å². The SMILES string of the molecule is O[C@@H]1CCC[C@H]1NC1COCCOC1. The second-order valence-corrected chi connectivity index (χ2v) is 4.12. The van der Waals surface area contributed by atoms with Gasteiger partial charge < -0.3 is 19.9 Å². The summed E-state index contributed by atoms with van der Waals surface area (Å²) in [6, 6.07) is 0.487. The van der Waals surface area contributed by atoms with Crippen molar-refractivity contribution in [3.8, 4) is 0 Å². The van der Waals surface area contributed by atoms with Crippen LogP contribution in [0, 0.1) is 0 Å². The second kappa shape index (κ2) is 5.07. The molecule has 1 aliphatic heterocycles. The Morgan fingerprint density at radius 1 is 1.07 bits per heavy atom. The zero-order chi connectivity index (χ0) is 9.80. The molecular formula is C10H19NO3. The summed E-state index contributed by atoms with van der Waals surface area (Å²) in [6.07, 6.45) is 2.93. The molecule has 0 spiro atoms. The van der Waals surface area contributed by atoms with E-state index in [0.29, 0.717) is 26.4 Å². The van der Waals surface area contributed by atoms with E-state index in [4.69, 9.17) is 9.47 Å². The number of hydrogen-bond donors (Lipinski definition) is 2. The zero-order valence-electron chi connectivity index (χ0n) is 8.45. The van der Waals surface area contributed by atoms with E-state index in [2.05, 4.69) is 5.32 Å². The van der Waals surface area contributed by atoms with E-state index in [0.717, 1.165) is 19.3 Å². The first-order valence-electron chi connectivity index (χ1n) is 5.46. The molecule has 82 valence electrons. The van der Waals surface area contributed by atoms with E-state index in [9.17, 15) is 5.11 Å². The van der Waals surface area contributed by atoms with Crippen LogP contribution in [0.2, 0.25) is 0 Å². The van der Waals surface area contributed by atoms with Gasteiger partial charge in [-0.2, -0.15) is 0 Å². The third kappa shape index (κ3) is 2.67. The maximum atomic E-state index is 9.65. The molecule has 0 unspecified atom stereocenters. The van der Waals surface area contributed by atoms with Gasteiger partial charge in [-0.15, -0.1) is 0 Å². The highest BCUT2D eigenvalue weighted by atomic mass is 16.5. The van der Waals surface area contributed by atoms with E-state index < -0.39 is 0 Å². The summed E-state index contributed by atoms with van der Waals surface area (Å²) >= 11 is 0. The summed E-state index contributed by atoms with van der Waals surface area (Å²) in [5, 5.41) is 13.1. The lowest BCUT2D eigenvalue weighted by Gasteiger charge is -2.22. The highest BCUT2D eigenvalue weighted by Gasteiger charge is 2.27. The summed E-state index contributed by atoms with van der Waals surface area (Å²) < 4.78 is 10.8. The summed E-state index contributed by atoms with van der Waals surface area (Å²) in [6.45, 7) is 2.77. The lowest BCUT2D eigenvalue weighted by Crippen LogP contribution is -2.46. The second-order valence-electron chi connectivity index (χ2n) is 4.12. The monoisotopic (exact) mass is 201 g/mol. The lowest BCUT2D eigenvalue weighted by molar-refractivity contribution is 0.103. The summed E-state index contributed by atoms with van der Waals surface area (Å²) in [4.78, 5) is 0. The number of aliphatic hydroxyl groups is 1. The predicted molar refractivity (Wildman–Crippen MR) is 52.2 cm³/mol. The molecule has 2 rings (SSSR count). The van der Waals surface area contributed by atoms with E-state index >= 15 is 0 Å². The van der Waals surface area contributed by atoms with Crippen LogP contribution in [0.15, 0.2) is 0 Å². The van der Waals surface area contributed by atoms with Crippen LogP contribution in [0.3, 0.4) is 0 Å². The van der Waals surface area contributed by atoms with Gasteiger partial charge in [0.2, 0.25) is 0 Å². The molecule has 0 aromatic heterocycles. The lowest BCUT2D eigenvalue weighted by atomic mass is 10.2. The molecule has 0 aromatic carbocycles. The molecule has 2 N–H and O–H groups in total. The molecule has 1 saturated heterocycles. The molecule has 2 aliphatic rings. The Hall–Kier alpha value is -0.160. The van der Waals surface area contributed by atoms with Gasteiger partial charge in [-0.3, -0.25) is 0 Å². The van der Waals surface area contributed by atoms with Crippen LogP contribution in [0.1, 0.15) is 19.3 Å². The van der Waals surface area contributed by atoms with Crippen molar-refractivity contribution in [1.29, 1.82) is 0 Å². The summed E-state index contributed by atoms with van der Waals surface area (Å²) in [5.41, 5.74) is 0. The van der Waals surface area contributed by atoms with Gasteiger partial charge in [0.25, 0.3) is 0 Å². The molecular weight excluding hydrogens is 182 g/mol. The van der Waals surface area contributed by atoms with E-state index in [1.165, 1.54) is 0 Å². The van der Waals surface area contributed by atoms with Gasteiger partial charge in [-0.05, 0) is 19.3 Å². The molecule has 1 saturated carbocycles. The van der Waals surface area contributed by atoms with Crippen LogP contribution in [0.5, 0.6) is 0 Å². The molecule has 0 aromatic rings. The molecule has 1 aliphatic carbocycles. The van der Waals surface area contributed by atoms with Crippen molar-refractivity contribution in [3.05, 3.63) is 0 Å². The Kier molecular flexibility index (Phi) is 3.75. The van der Waals surface area contributed by atoms with Gasteiger partial charge in [-0.25, -0.2) is 0 Å². The van der Waals surface area contributed by atoms with Crippen LogP contribution < -0.4 is 5.32 Å². The smallest absolute Gasteiger partial charge is 0.0701 e. The Balaban J connectivity index is 1.77. The van der Waals surface area contributed by atoms with Crippen molar-refractivity contribution >= 4 is 0 Å². The van der Waals surface area contributed by atoms with Crippen LogP contribution >= 0.6 is 0 Å². The minimum absolute atomic E-state index is 0.182. The molecule has 2 atom stereocenters. The number of nitrogens with one attached hydrogen (secondary N) is 1. The number of rotatable bonds is 2. The fourth-order valence-corrected chi connectivity index (χ4v) is 2.15. The Bertz CT molecular complexity index is 169. The molecule has 4 nitrogen and oxygen atoms in total. The van der Waals surface area contributed by atoms with E-state index in [1.54, 1.807) is 0 Å². The predicted octanol–water partition coefficient (Wildman–Crippen LogP) is -0.0952. The van der Waals surface area contributed by atoms with Crippen molar-refractivity contribution in [2.24, 2.45) is 0 Å². The first kappa shape index (κ1) is 10.4. The van der Waals surface area contributed by atoms with Crippen molar-refractivity contribution in [3.63, 3.8) is 0 Å². The Morgan fingerprint density at radius 3 is 2.36 bits per heavy atom. The van der Waals surface area contributed by atoms with Crippen molar-refractivity contribution in [1.82, 2.24) is 5.32 Å². The van der Waals surface area contributed by atoms with E-state index in [-0.39, 0.29) is 18.2 Å². The van der Waals surface area contributed by atoms with Crippen molar-refractivity contribution in [2.45, 2.75) is 37.5 Å². The first-order valence-corrected chi connectivity index (χ1v) is 5.46. The van der Waals surface area contributed by atoms with Crippen LogP contribution in [-0.2, 0) is 9.47 Å². The normalized spacial score (nSPS) is 35.8. The third-order valence-corrected chi connectivity index (χ3v) is 2.94. The molecule has 0 radical (unpaired) electrons. The van der Waals surface area contributed by atoms with Gasteiger partial charge in [0, 0.05) is 6.04 Å². The minimum Gasteiger partial charge on any atom is -0.392 e. The highest BCUT2D eigenvalue weighted by Crippen LogP contribution is 2.19.